The highest BCUT2D eigenvalue weighted by molar-refractivity contribution is 5.85. The molecule has 0 unspecified atom stereocenters. The van der Waals surface area contributed by atoms with Crippen molar-refractivity contribution in [1.82, 2.24) is 19.9 Å². The van der Waals surface area contributed by atoms with Gasteiger partial charge in [0, 0.05) is 25.2 Å². The van der Waals surface area contributed by atoms with Crippen LogP contribution < -0.4 is 0 Å². The Labute approximate surface area is 144 Å². The molecule has 5 heteroatoms. The number of hydrogen-bond donors (Lipinski definition) is 1. The molecule has 2 aliphatic rings. The highest BCUT2D eigenvalue weighted by Gasteiger charge is 2.34. The van der Waals surface area contributed by atoms with Gasteiger partial charge in [-0.15, -0.1) is 0 Å². The van der Waals surface area contributed by atoms with Crippen molar-refractivity contribution in [3.05, 3.63) is 29.7 Å². The first-order valence-electron chi connectivity index (χ1n) is 9.01. The lowest BCUT2D eigenvalue weighted by Gasteiger charge is -2.15. The van der Waals surface area contributed by atoms with E-state index < -0.39 is 0 Å². The van der Waals surface area contributed by atoms with Crippen LogP contribution in [0.1, 0.15) is 51.8 Å². The normalized spacial score (nSPS) is 16.0. The third-order valence-corrected chi connectivity index (χ3v) is 4.06. The molecule has 4 rings (SSSR count). The van der Waals surface area contributed by atoms with E-state index >= 15 is 0 Å². The molecular formula is C19H28N4O. The Balaban J connectivity index is 0.000000487. The molecule has 0 saturated heterocycles. The number of aryl methyl sites for hydroxylation is 1. The zero-order chi connectivity index (χ0) is 17.7. The van der Waals surface area contributed by atoms with Gasteiger partial charge in [0.25, 0.3) is 0 Å². The monoisotopic (exact) mass is 328 g/mol. The predicted octanol–water partition coefficient (Wildman–Crippen LogP) is 3.95. The number of H-pyrrole nitrogens is 1. The SMILES string of the molecule is CC.CC.Cc1c[nH]c2ncc(C3=CCN(C(=O)C4CC4)C3)nc12. The van der Waals surface area contributed by atoms with Crippen molar-refractivity contribution in [2.45, 2.75) is 47.5 Å². The molecule has 2 aromatic heterocycles. The summed E-state index contributed by atoms with van der Waals surface area (Å²) in [6, 6.07) is 0. The van der Waals surface area contributed by atoms with Gasteiger partial charge in [-0.25, -0.2) is 9.97 Å². The van der Waals surface area contributed by atoms with Crippen molar-refractivity contribution in [2.24, 2.45) is 5.92 Å². The van der Waals surface area contributed by atoms with Gasteiger partial charge in [0.2, 0.25) is 5.91 Å². The predicted molar refractivity (Wildman–Crippen MR) is 98.6 cm³/mol. The zero-order valence-corrected chi connectivity index (χ0v) is 15.4. The second-order valence-electron chi connectivity index (χ2n) is 5.65. The summed E-state index contributed by atoms with van der Waals surface area (Å²) in [4.78, 5) is 26.2. The van der Waals surface area contributed by atoms with Gasteiger partial charge >= 0.3 is 0 Å². The molecule has 5 nitrogen and oxygen atoms in total. The Bertz CT molecular complexity index is 728. The van der Waals surface area contributed by atoms with Gasteiger partial charge in [0.1, 0.15) is 5.52 Å². The van der Waals surface area contributed by atoms with E-state index in [0.29, 0.717) is 19.0 Å². The van der Waals surface area contributed by atoms with E-state index in [4.69, 9.17) is 0 Å². The largest absolute Gasteiger partial charge is 0.345 e. The Morgan fingerprint density at radius 1 is 1.25 bits per heavy atom. The third kappa shape index (κ3) is 3.66. The van der Waals surface area contributed by atoms with Gasteiger partial charge in [-0.2, -0.15) is 0 Å². The van der Waals surface area contributed by atoms with Crippen molar-refractivity contribution in [3.8, 4) is 0 Å². The number of carbonyl (C=O) groups is 1. The molecule has 1 aliphatic carbocycles. The molecule has 24 heavy (non-hydrogen) atoms. The first-order valence-corrected chi connectivity index (χ1v) is 9.01. The van der Waals surface area contributed by atoms with Crippen LogP contribution in [-0.2, 0) is 4.79 Å². The average molecular weight is 328 g/mol. The number of carbonyl (C=O) groups excluding carboxylic acids is 1. The molecule has 1 amide bonds. The number of aromatic nitrogens is 3. The number of nitrogens with zero attached hydrogens (tertiary/aromatic N) is 3. The summed E-state index contributed by atoms with van der Waals surface area (Å²) in [5.74, 6) is 0.575. The van der Waals surface area contributed by atoms with Crippen LogP contribution in [0.2, 0.25) is 0 Å². The maximum atomic E-state index is 12.1. The fourth-order valence-corrected chi connectivity index (χ4v) is 2.67. The molecule has 130 valence electrons. The minimum Gasteiger partial charge on any atom is -0.345 e. The molecule has 1 N–H and O–H groups in total. The second kappa shape index (κ2) is 8.08. The second-order valence-corrected chi connectivity index (χ2v) is 5.65. The quantitative estimate of drug-likeness (QED) is 0.908. The van der Waals surface area contributed by atoms with E-state index in [-0.39, 0.29) is 5.92 Å². The lowest BCUT2D eigenvalue weighted by atomic mass is 10.2. The fraction of sp³-hybridized carbons (Fsp3) is 0.526. The van der Waals surface area contributed by atoms with Crippen molar-refractivity contribution in [1.29, 1.82) is 0 Å². The van der Waals surface area contributed by atoms with Gasteiger partial charge in [0.15, 0.2) is 5.65 Å². The summed E-state index contributed by atoms with van der Waals surface area (Å²) in [6.07, 6.45) is 7.91. The average Bonchev–Trinajstić information content (AvgIpc) is 3.27. The minimum atomic E-state index is 0.281. The molecule has 1 saturated carbocycles. The van der Waals surface area contributed by atoms with Gasteiger partial charge < -0.3 is 9.88 Å². The van der Waals surface area contributed by atoms with Gasteiger partial charge in [-0.1, -0.05) is 33.8 Å². The van der Waals surface area contributed by atoms with Crippen LogP contribution in [-0.4, -0.2) is 38.8 Å². The van der Waals surface area contributed by atoms with E-state index in [2.05, 4.69) is 21.0 Å². The molecule has 0 radical (unpaired) electrons. The summed E-state index contributed by atoms with van der Waals surface area (Å²) in [7, 11) is 0. The van der Waals surface area contributed by atoms with E-state index in [1.54, 1.807) is 6.20 Å². The topological polar surface area (TPSA) is 61.9 Å². The van der Waals surface area contributed by atoms with Crippen LogP contribution in [0.15, 0.2) is 18.5 Å². The zero-order valence-electron chi connectivity index (χ0n) is 15.4. The Morgan fingerprint density at radius 3 is 2.62 bits per heavy atom. The van der Waals surface area contributed by atoms with Gasteiger partial charge in [0.05, 0.1) is 11.9 Å². The molecule has 0 atom stereocenters. The highest BCUT2D eigenvalue weighted by atomic mass is 16.2. The molecule has 2 aromatic rings. The molecule has 0 bridgehead atoms. The van der Waals surface area contributed by atoms with E-state index in [1.807, 2.05) is 45.7 Å². The minimum absolute atomic E-state index is 0.281. The number of fused-ring (bicyclic) bond motifs is 1. The van der Waals surface area contributed by atoms with E-state index in [9.17, 15) is 4.79 Å². The first-order chi connectivity index (χ1) is 11.7. The lowest BCUT2D eigenvalue weighted by molar-refractivity contribution is -0.131. The number of nitrogens with one attached hydrogen (secondary N) is 1. The van der Waals surface area contributed by atoms with E-state index in [0.717, 1.165) is 40.8 Å². The van der Waals surface area contributed by atoms with Crippen molar-refractivity contribution in [3.63, 3.8) is 0 Å². The number of amides is 1. The molecule has 1 fully saturated rings. The third-order valence-electron chi connectivity index (χ3n) is 4.06. The number of rotatable bonds is 2. The molecule has 3 heterocycles. The maximum absolute atomic E-state index is 12.1. The fourth-order valence-electron chi connectivity index (χ4n) is 2.67. The first kappa shape index (κ1) is 18.2. The summed E-state index contributed by atoms with van der Waals surface area (Å²) in [5.41, 5.74) is 4.81. The lowest BCUT2D eigenvalue weighted by Crippen LogP contribution is -2.30. The Morgan fingerprint density at radius 2 is 1.96 bits per heavy atom. The van der Waals surface area contributed by atoms with Crippen LogP contribution in [0.4, 0.5) is 0 Å². The summed E-state index contributed by atoms with van der Waals surface area (Å²) >= 11 is 0. The molecule has 0 spiro atoms. The van der Waals surface area contributed by atoms with Crippen LogP contribution >= 0.6 is 0 Å². The van der Waals surface area contributed by atoms with E-state index in [1.165, 1.54) is 0 Å². The van der Waals surface area contributed by atoms with Crippen molar-refractivity contribution in [2.75, 3.05) is 13.1 Å². The summed E-state index contributed by atoms with van der Waals surface area (Å²) in [6.45, 7) is 11.4. The van der Waals surface area contributed by atoms with Crippen LogP contribution in [0, 0.1) is 12.8 Å². The molecule has 1 aliphatic heterocycles. The number of aromatic amines is 1. The Kier molecular flexibility index (Phi) is 6.12. The van der Waals surface area contributed by atoms with Gasteiger partial charge in [-0.3, -0.25) is 4.79 Å². The standard InChI is InChI=1S/C15H16N4O.2C2H6/c1-9-6-16-14-13(9)18-12(7-17-14)11-4-5-19(8-11)15(20)10-2-3-10;2*1-2/h4,6-7,10H,2-3,5,8H2,1H3,(H,16,17);2*1-2H3. The van der Waals surface area contributed by atoms with Crippen LogP contribution in [0.25, 0.3) is 16.7 Å². The molecule has 0 aromatic carbocycles. The van der Waals surface area contributed by atoms with Crippen molar-refractivity contribution < 1.29 is 4.79 Å². The van der Waals surface area contributed by atoms with Gasteiger partial charge in [-0.05, 0) is 30.9 Å². The summed E-state index contributed by atoms with van der Waals surface area (Å²) < 4.78 is 0. The van der Waals surface area contributed by atoms with Crippen LogP contribution in [0.3, 0.4) is 0 Å². The highest BCUT2D eigenvalue weighted by Crippen LogP contribution is 2.33. The maximum Gasteiger partial charge on any atom is 0.226 e. The van der Waals surface area contributed by atoms with Crippen LogP contribution in [0.5, 0.6) is 0 Å². The smallest absolute Gasteiger partial charge is 0.226 e. The number of hydrogen-bond acceptors (Lipinski definition) is 3. The van der Waals surface area contributed by atoms with Crippen molar-refractivity contribution >= 4 is 22.6 Å². The summed E-state index contributed by atoms with van der Waals surface area (Å²) in [5, 5.41) is 0. The Hall–Kier alpha value is -2.17. The molecular weight excluding hydrogens is 300 g/mol.